The Morgan fingerprint density at radius 2 is 1.95 bits per heavy atom. The molecule has 4 aromatic rings. The third-order valence-corrected chi connectivity index (χ3v) is 6.60. The Morgan fingerprint density at radius 3 is 2.65 bits per heavy atom. The number of benzene rings is 1. The van der Waals surface area contributed by atoms with E-state index in [4.69, 9.17) is 8.83 Å². The highest BCUT2D eigenvalue weighted by Crippen LogP contribution is 2.32. The fourth-order valence-corrected chi connectivity index (χ4v) is 4.73. The van der Waals surface area contributed by atoms with Crippen molar-refractivity contribution in [1.82, 2.24) is 25.5 Å². The normalized spacial score (nSPS) is 14.6. The summed E-state index contributed by atoms with van der Waals surface area (Å²) in [6.45, 7) is 5.45. The number of tetrazole rings is 1. The lowest BCUT2D eigenvalue weighted by Gasteiger charge is -2.32. The van der Waals surface area contributed by atoms with Crippen molar-refractivity contribution in [2.45, 2.75) is 65.1 Å². The maximum atomic E-state index is 14.0. The number of carbonyl (C=O) groups is 2. The van der Waals surface area contributed by atoms with Gasteiger partial charge in [-0.2, -0.15) is 4.80 Å². The van der Waals surface area contributed by atoms with Crippen molar-refractivity contribution in [3.05, 3.63) is 71.4 Å². The van der Waals surface area contributed by atoms with Gasteiger partial charge in [-0.1, -0.05) is 25.0 Å². The summed E-state index contributed by atoms with van der Waals surface area (Å²) in [7, 11) is 0. The zero-order chi connectivity index (χ0) is 25.9. The van der Waals surface area contributed by atoms with Gasteiger partial charge in [-0.15, -0.1) is 10.2 Å². The van der Waals surface area contributed by atoms with Crippen LogP contribution in [0.25, 0.3) is 11.6 Å². The van der Waals surface area contributed by atoms with Gasteiger partial charge >= 0.3 is 0 Å². The molecule has 0 unspecified atom stereocenters. The zero-order valence-electron chi connectivity index (χ0n) is 21.2. The van der Waals surface area contributed by atoms with Crippen molar-refractivity contribution in [2.75, 3.05) is 4.90 Å². The minimum atomic E-state index is -1.00. The van der Waals surface area contributed by atoms with E-state index in [9.17, 15) is 9.59 Å². The Balaban J connectivity index is 1.51. The molecule has 37 heavy (non-hydrogen) atoms. The number of aromatic nitrogens is 4. The number of carbonyl (C=O) groups excluding carboxylic acids is 2. The van der Waals surface area contributed by atoms with Crippen LogP contribution >= 0.6 is 0 Å². The number of anilines is 1. The van der Waals surface area contributed by atoms with Crippen LogP contribution in [0, 0.1) is 20.8 Å². The van der Waals surface area contributed by atoms with Gasteiger partial charge in [-0.3, -0.25) is 14.5 Å². The Kier molecular flexibility index (Phi) is 6.89. The molecule has 0 radical (unpaired) electrons. The van der Waals surface area contributed by atoms with Gasteiger partial charge in [-0.05, 0) is 80.3 Å². The number of furan rings is 2. The van der Waals surface area contributed by atoms with Gasteiger partial charge in [-0.25, -0.2) is 0 Å². The molecule has 3 heterocycles. The van der Waals surface area contributed by atoms with Crippen molar-refractivity contribution < 1.29 is 18.4 Å². The average molecular weight is 503 g/mol. The molecule has 0 aliphatic heterocycles. The molecule has 1 aliphatic carbocycles. The topological polar surface area (TPSA) is 119 Å². The summed E-state index contributed by atoms with van der Waals surface area (Å²) in [5.41, 5.74) is 2.43. The lowest BCUT2D eigenvalue weighted by Crippen LogP contribution is -2.47. The van der Waals surface area contributed by atoms with Crippen molar-refractivity contribution >= 4 is 17.5 Å². The van der Waals surface area contributed by atoms with Crippen LogP contribution in [0.2, 0.25) is 0 Å². The highest BCUT2D eigenvalue weighted by atomic mass is 16.3. The summed E-state index contributed by atoms with van der Waals surface area (Å²) >= 11 is 0. The molecular weight excluding hydrogens is 472 g/mol. The number of rotatable bonds is 8. The van der Waals surface area contributed by atoms with E-state index in [-0.39, 0.29) is 30.2 Å². The van der Waals surface area contributed by atoms with Gasteiger partial charge < -0.3 is 14.2 Å². The molecule has 1 N–H and O–H groups in total. The van der Waals surface area contributed by atoms with Gasteiger partial charge in [0.15, 0.2) is 11.8 Å². The van der Waals surface area contributed by atoms with E-state index in [1.807, 2.05) is 39.0 Å². The van der Waals surface area contributed by atoms with Crippen LogP contribution in [-0.2, 0) is 16.1 Å². The van der Waals surface area contributed by atoms with Crippen LogP contribution in [-0.4, -0.2) is 38.1 Å². The SMILES string of the molecule is Cc1ccc(C)c(N(C(=O)Cn2nnc(-c3ccc(C)o3)n2)[C@H](C(=O)NC2CCCC2)c2ccco2)c1. The van der Waals surface area contributed by atoms with Crippen LogP contribution in [0.3, 0.4) is 0 Å². The van der Waals surface area contributed by atoms with Crippen molar-refractivity contribution in [3.8, 4) is 11.6 Å². The van der Waals surface area contributed by atoms with E-state index in [1.54, 1.807) is 24.3 Å². The predicted molar refractivity (Wildman–Crippen MR) is 136 cm³/mol. The number of hydrogen-bond acceptors (Lipinski definition) is 7. The maximum Gasteiger partial charge on any atom is 0.251 e. The Hall–Kier alpha value is -4.21. The number of nitrogens with one attached hydrogen (secondary N) is 1. The largest absolute Gasteiger partial charge is 0.467 e. The van der Waals surface area contributed by atoms with Crippen LogP contribution in [0.15, 0.2) is 57.6 Å². The minimum absolute atomic E-state index is 0.0804. The highest BCUT2D eigenvalue weighted by Gasteiger charge is 2.37. The Labute approximate surface area is 214 Å². The molecule has 10 heteroatoms. The van der Waals surface area contributed by atoms with Gasteiger partial charge in [0.2, 0.25) is 5.82 Å². The van der Waals surface area contributed by atoms with E-state index in [1.165, 1.54) is 16.0 Å². The van der Waals surface area contributed by atoms with Crippen LogP contribution < -0.4 is 10.2 Å². The quantitative estimate of drug-likeness (QED) is 0.382. The molecule has 5 rings (SSSR count). The van der Waals surface area contributed by atoms with Gasteiger partial charge in [0.1, 0.15) is 18.1 Å². The molecule has 1 atom stereocenters. The number of nitrogens with zero attached hydrogens (tertiary/aromatic N) is 5. The van der Waals surface area contributed by atoms with E-state index < -0.39 is 6.04 Å². The van der Waals surface area contributed by atoms with Crippen LogP contribution in [0.5, 0.6) is 0 Å². The summed E-state index contributed by atoms with van der Waals surface area (Å²) in [4.78, 5) is 30.4. The third kappa shape index (κ3) is 5.32. The molecular formula is C27H30N6O4. The summed E-state index contributed by atoms with van der Waals surface area (Å²) < 4.78 is 11.3. The first kappa shape index (κ1) is 24.5. The Morgan fingerprint density at radius 1 is 1.14 bits per heavy atom. The molecule has 0 saturated heterocycles. The van der Waals surface area contributed by atoms with Crippen LogP contribution in [0.4, 0.5) is 5.69 Å². The van der Waals surface area contributed by atoms with Gasteiger partial charge in [0.25, 0.3) is 11.8 Å². The molecule has 3 aromatic heterocycles. The first-order valence-electron chi connectivity index (χ1n) is 12.5. The summed E-state index contributed by atoms with van der Waals surface area (Å²) in [5.74, 6) is 1.18. The molecule has 1 aromatic carbocycles. The minimum Gasteiger partial charge on any atom is -0.467 e. The highest BCUT2D eigenvalue weighted by molar-refractivity contribution is 6.01. The van der Waals surface area contributed by atoms with Crippen LogP contribution in [0.1, 0.15) is 54.4 Å². The first-order chi connectivity index (χ1) is 17.9. The monoisotopic (exact) mass is 502 g/mol. The maximum absolute atomic E-state index is 14.0. The second-order valence-corrected chi connectivity index (χ2v) is 9.52. The van der Waals surface area contributed by atoms with E-state index in [0.29, 0.717) is 17.2 Å². The number of aryl methyl sites for hydroxylation is 3. The predicted octanol–water partition coefficient (Wildman–Crippen LogP) is 4.28. The lowest BCUT2D eigenvalue weighted by molar-refractivity contribution is -0.128. The van der Waals surface area contributed by atoms with Gasteiger partial charge in [0, 0.05) is 11.7 Å². The molecule has 192 valence electrons. The molecule has 1 fully saturated rings. The number of amides is 2. The smallest absolute Gasteiger partial charge is 0.251 e. The van der Waals surface area contributed by atoms with Crippen molar-refractivity contribution in [2.24, 2.45) is 0 Å². The first-order valence-corrected chi connectivity index (χ1v) is 12.5. The zero-order valence-corrected chi connectivity index (χ0v) is 21.2. The summed E-state index contributed by atoms with van der Waals surface area (Å²) in [6.07, 6.45) is 5.50. The number of hydrogen-bond donors (Lipinski definition) is 1. The van der Waals surface area contributed by atoms with E-state index >= 15 is 0 Å². The average Bonchev–Trinajstić information content (AvgIpc) is 3.67. The molecule has 2 amide bonds. The molecule has 1 aliphatic rings. The lowest BCUT2D eigenvalue weighted by atomic mass is 10.0. The van der Waals surface area contributed by atoms with Gasteiger partial charge in [0.05, 0.1) is 6.26 Å². The fourth-order valence-electron chi connectivity index (χ4n) is 4.73. The van der Waals surface area contributed by atoms with E-state index in [0.717, 1.165) is 42.6 Å². The Bertz CT molecular complexity index is 1380. The van der Waals surface area contributed by atoms with Crippen molar-refractivity contribution in [3.63, 3.8) is 0 Å². The van der Waals surface area contributed by atoms with E-state index in [2.05, 4.69) is 20.7 Å². The standard InChI is InChI=1S/C27H30N6O4/c1-17-10-11-18(2)21(15-17)33(24(34)16-32-30-26(29-31-32)23-13-12-19(3)37-23)25(22-9-6-14-36-22)27(35)28-20-7-4-5-8-20/h6,9-15,20,25H,4-5,7-8,16H2,1-3H3,(H,28,35)/t25-/m0/s1. The second-order valence-electron chi connectivity index (χ2n) is 9.52. The summed E-state index contributed by atoms with van der Waals surface area (Å²) in [5, 5.41) is 15.6. The third-order valence-electron chi connectivity index (χ3n) is 6.60. The fraction of sp³-hybridized carbons (Fsp3) is 0.370. The molecule has 10 nitrogen and oxygen atoms in total. The molecule has 1 saturated carbocycles. The molecule has 0 bridgehead atoms. The second kappa shape index (κ2) is 10.4. The van der Waals surface area contributed by atoms with Crippen molar-refractivity contribution in [1.29, 1.82) is 0 Å². The summed E-state index contributed by atoms with van der Waals surface area (Å²) in [6, 6.07) is 11.9. The molecule has 0 spiro atoms.